The summed E-state index contributed by atoms with van der Waals surface area (Å²) in [5.41, 5.74) is -0.621. The van der Waals surface area contributed by atoms with E-state index in [1.807, 2.05) is 0 Å². The van der Waals surface area contributed by atoms with Crippen molar-refractivity contribution in [3.8, 4) is 17.6 Å². The fourth-order valence-corrected chi connectivity index (χ4v) is 5.48. The van der Waals surface area contributed by atoms with Crippen LogP contribution in [0.2, 0.25) is 0 Å². The molecule has 0 aliphatic carbocycles. The molecule has 0 N–H and O–H groups in total. The van der Waals surface area contributed by atoms with Gasteiger partial charge in [0.15, 0.2) is 15.1 Å². The van der Waals surface area contributed by atoms with Crippen molar-refractivity contribution in [2.45, 2.75) is 63.2 Å². The maximum atomic E-state index is 13.5. The zero-order valence-corrected chi connectivity index (χ0v) is 23.7. The van der Waals surface area contributed by atoms with E-state index in [2.05, 4.69) is 11.8 Å². The molecule has 1 atom stereocenters. The average molecular weight is 504 g/mol. The Morgan fingerprint density at radius 1 is 1.18 bits per heavy atom. The van der Waals surface area contributed by atoms with Crippen molar-refractivity contribution in [1.82, 2.24) is 4.90 Å². The number of nitrogens with zero attached hydrogens (tertiary/aromatic N) is 1. The number of carbonyl (C=O) groups excluding carboxylic acids is 2. The molecule has 0 radical (unpaired) electrons. The molecule has 0 spiro atoms. The molecule has 0 saturated carbocycles. The van der Waals surface area contributed by atoms with Crippen molar-refractivity contribution in [2.75, 3.05) is 26.3 Å². The van der Waals surface area contributed by atoms with E-state index < -0.39 is 38.7 Å². The minimum atomic E-state index is -4.02. The zero-order chi connectivity index (χ0) is 24.6. The Labute approximate surface area is 226 Å². The van der Waals surface area contributed by atoms with Crippen LogP contribution in [0.15, 0.2) is 29.2 Å². The number of hydrogen-bond donors (Lipinski definition) is 0. The molecule has 10 heteroatoms. The molecule has 184 valence electrons. The van der Waals surface area contributed by atoms with Crippen molar-refractivity contribution >= 4 is 21.9 Å². The van der Waals surface area contributed by atoms with Crippen molar-refractivity contribution in [2.24, 2.45) is 5.92 Å². The second-order valence-electron chi connectivity index (χ2n) is 8.71. The van der Waals surface area contributed by atoms with Crippen LogP contribution in [-0.4, -0.2) is 62.5 Å². The Bertz CT molecular complexity index is 989. The maximum absolute atomic E-state index is 13.5. The molecule has 0 aromatic heterocycles. The van der Waals surface area contributed by atoms with E-state index in [1.165, 1.54) is 24.3 Å². The number of esters is 1. The van der Waals surface area contributed by atoms with Gasteiger partial charge in [0.05, 0.1) is 11.5 Å². The summed E-state index contributed by atoms with van der Waals surface area (Å²) in [5, 5.41) is -1.35. The van der Waals surface area contributed by atoms with Gasteiger partial charge in [0.2, 0.25) is 0 Å². The minimum Gasteiger partial charge on any atom is -1.00 e. The molecule has 1 aromatic rings. The molecule has 1 fully saturated rings. The zero-order valence-electron chi connectivity index (χ0n) is 21.9. The van der Waals surface area contributed by atoms with E-state index in [1.54, 1.807) is 39.5 Å². The molecule has 8 nitrogen and oxygen atoms in total. The summed E-state index contributed by atoms with van der Waals surface area (Å²) in [6.07, 6.45) is 0.248. The number of sulfone groups is 1. The van der Waals surface area contributed by atoms with Gasteiger partial charge in [0, 0.05) is 13.1 Å². The van der Waals surface area contributed by atoms with Gasteiger partial charge in [-0.15, -0.1) is 5.92 Å². The third-order valence-corrected chi connectivity index (χ3v) is 7.29. The summed E-state index contributed by atoms with van der Waals surface area (Å²) in [7, 11) is -4.02. The number of amides is 1. The maximum Gasteiger partial charge on any atom is 1.00 e. The van der Waals surface area contributed by atoms with Crippen LogP contribution in [0.25, 0.3) is 0 Å². The van der Waals surface area contributed by atoms with Gasteiger partial charge < -0.3 is 20.5 Å². The Balaban J connectivity index is 0.00000578. The molecule has 2 rings (SSSR count). The van der Waals surface area contributed by atoms with Crippen LogP contribution in [0.4, 0.5) is 4.79 Å². The largest absolute Gasteiger partial charge is 1.00 e. The van der Waals surface area contributed by atoms with E-state index >= 15 is 0 Å². The summed E-state index contributed by atoms with van der Waals surface area (Å²) >= 11 is 0. The molecule has 1 heterocycles. The number of piperidine rings is 1. The Kier molecular flexibility index (Phi) is 11.9. The summed E-state index contributed by atoms with van der Waals surface area (Å²) in [6, 6.07) is 5.92. The first-order valence-corrected chi connectivity index (χ1v) is 12.5. The summed E-state index contributed by atoms with van der Waals surface area (Å²) < 4.78 is 42.9. The van der Waals surface area contributed by atoms with E-state index in [4.69, 9.17) is 14.2 Å². The van der Waals surface area contributed by atoms with Gasteiger partial charge in [-0.05, 0) is 77.6 Å². The third kappa shape index (κ3) is 8.49. The quantitative estimate of drug-likeness (QED) is 0.305. The van der Waals surface area contributed by atoms with Gasteiger partial charge >= 0.3 is 41.6 Å². The molecule has 1 aliphatic heterocycles. The van der Waals surface area contributed by atoms with E-state index in [9.17, 15) is 18.0 Å². The molecule has 1 unspecified atom stereocenters. The van der Waals surface area contributed by atoms with Gasteiger partial charge in [-0.1, -0.05) is 5.92 Å². The average Bonchev–Trinajstić information content (AvgIpc) is 2.74. The van der Waals surface area contributed by atoms with Crippen LogP contribution < -0.4 is 34.3 Å². The van der Waals surface area contributed by atoms with E-state index in [0.717, 1.165) is 0 Å². The van der Waals surface area contributed by atoms with Gasteiger partial charge in [-0.3, -0.25) is 4.79 Å². The molecule has 34 heavy (non-hydrogen) atoms. The van der Waals surface area contributed by atoms with Crippen LogP contribution in [-0.2, 0) is 24.1 Å². The topological polar surface area (TPSA) is 99.2 Å². The fraction of sp³-hybridized carbons (Fsp3) is 0.583. The molecular formula is C24H34NNaO7S. The molecule has 1 saturated heterocycles. The van der Waals surface area contributed by atoms with Crippen molar-refractivity contribution in [1.29, 1.82) is 0 Å². The first kappa shape index (κ1) is 30.3. The smallest absolute Gasteiger partial charge is 1.00 e. The van der Waals surface area contributed by atoms with Crippen LogP contribution in [0, 0.1) is 17.8 Å². The van der Waals surface area contributed by atoms with Crippen molar-refractivity contribution < 1.29 is 63.2 Å². The van der Waals surface area contributed by atoms with Crippen molar-refractivity contribution in [3.63, 3.8) is 0 Å². The predicted octanol–water partition coefficient (Wildman–Crippen LogP) is 0.558. The van der Waals surface area contributed by atoms with E-state index in [-0.39, 0.29) is 49.1 Å². The standard InChI is InChI=1S/C24H33NO7S.Na.H/c1-6-8-17-31-19-9-11-20(12-10-19)33(28,29)21(22(26)30-7-2)18-13-15-25(16-14-18)23(27)32-24(3,4)5;;/h9-12,18,21H,7,13-17H2,1-5H3;;/q;+1;-1. The first-order chi connectivity index (χ1) is 15.5. The predicted molar refractivity (Wildman–Crippen MR) is 125 cm³/mol. The third-order valence-electron chi connectivity index (χ3n) is 5.11. The van der Waals surface area contributed by atoms with Crippen LogP contribution in [0.1, 0.15) is 48.9 Å². The number of carbonyl (C=O) groups is 2. The van der Waals surface area contributed by atoms with E-state index in [0.29, 0.717) is 31.7 Å². The number of ether oxygens (including phenoxy) is 3. The molecule has 0 bridgehead atoms. The molecule has 1 amide bonds. The minimum absolute atomic E-state index is 0. The summed E-state index contributed by atoms with van der Waals surface area (Å²) in [5.74, 6) is 4.71. The van der Waals surface area contributed by atoms with Crippen molar-refractivity contribution in [3.05, 3.63) is 24.3 Å². The second-order valence-corrected chi connectivity index (χ2v) is 10.8. The number of rotatable bonds is 7. The number of benzene rings is 1. The number of likely N-dealkylation sites (tertiary alicyclic amines) is 1. The molecule has 1 aromatic carbocycles. The van der Waals surface area contributed by atoms with Gasteiger partial charge in [0.1, 0.15) is 18.0 Å². The second kappa shape index (κ2) is 13.4. The van der Waals surface area contributed by atoms with Crippen LogP contribution >= 0.6 is 0 Å². The monoisotopic (exact) mass is 503 g/mol. The number of hydrogen-bond acceptors (Lipinski definition) is 7. The van der Waals surface area contributed by atoms with Crippen LogP contribution in [0.5, 0.6) is 5.75 Å². The van der Waals surface area contributed by atoms with Gasteiger partial charge in [-0.25, -0.2) is 13.2 Å². The normalized spacial score (nSPS) is 15.3. The van der Waals surface area contributed by atoms with Gasteiger partial charge in [0.25, 0.3) is 0 Å². The SMILES string of the molecule is CC#CCOc1ccc(S(=O)(=O)C(C(=O)OCC)C2CCN(C(=O)OC(C)(C)C)CC2)cc1.[H-].[Na+]. The molecule has 1 aliphatic rings. The summed E-state index contributed by atoms with van der Waals surface area (Å²) in [6.45, 7) is 9.58. The Morgan fingerprint density at radius 3 is 2.26 bits per heavy atom. The Hall–Kier alpha value is -1.73. The molecular weight excluding hydrogens is 469 g/mol. The fourth-order valence-electron chi connectivity index (χ4n) is 3.57. The summed E-state index contributed by atoms with van der Waals surface area (Å²) in [4.78, 5) is 26.7. The van der Waals surface area contributed by atoms with Crippen LogP contribution in [0.3, 0.4) is 0 Å². The Morgan fingerprint density at radius 2 is 1.76 bits per heavy atom. The van der Waals surface area contributed by atoms with Gasteiger partial charge in [-0.2, -0.15) is 0 Å². The first-order valence-electron chi connectivity index (χ1n) is 11.0.